The van der Waals surface area contributed by atoms with Gasteiger partial charge in [-0.25, -0.2) is 4.39 Å². The van der Waals surface area contributed by atoms with Gasteiger partial charge in [-0.15, -0.1) is 13.2 Å². The number of alkyl halides is 3. The van der Waals surface area contributed by atoms with E-state index in [1.807, 2.05) is 0 Å². The van der Waals surface area contributed by atoms with Crippen LogP contribution in [0.25, 0.3) is 0 Å². The van der Waals surface area contributed by atoms with Crippen molar-refractivity contribution in [3.63, 3.8) is 0 Å². The molecular formula is C10H9F4NO2. The van der Waals surface area contributed by atoms with Crippen molar-refractivity contribution in [2.45, 2.75) is 19.7 Å². The third-order valence-electron chi connectivity index (χ3n) is 2.04. The highest BCUT2D eigenvalue weighted by Crippen LogP contribution is 2.32. The fourth-order valence-electron chi connectivity index (χ4n) is 1.36. The summed E-state index contributed by atoms with van der Waals surface area (Å²) >= 11 is 0. The molecule has 0 heterocycles. The summed E-state index contributed by atoms with van der Waals surface area (Å²) in [5.74, 6) is -2.86. The third-order valence-corrected chi connectivity index (χ3v) is 2.04. The normalized spacial score (nSPS) is 11.4. The molecule has 94 valence electrons. The highest BCUT2D eigenvalue weighted by atomic mass is 19.4. The summed E-state index contributed by atoms with van der Waals surface area (Å²) in [5, 5.41) is 0. The van der Waals surface area contributed by atoms with Crippen LogP contribution in [0.15, 0.2) is 12.1 Å². The van der Waals surface area contributed by atoms with E-state index in [4.69, 9.17) is 5.73 Å². The summed E-state index contributed by atoms with van der Waals surface area (Å²) in [4.78, 5) is 10.9. The molecule has 0 aliphatic heterocycles. The number of hydrogen-bond donors (Lipinski definition) is 1. The first-order chi connectivity index (χ1) is 7.76. The van der Waals surface area contributed by atoms with Gasteiger partial charge in [0.1, 0.15) is 11.6 Å². The van der Waals surface area contributed by atoms with Crippen molar-refractivity contribution in [2.75, 3.05) is 0 Å². The fraction of sp³-hybridized carbons (Fsp3) is 0.300. The number of nitrogens with two attached hydrogens (primary N) is 1. The summed E-state index contributed by atoms with van der Waals surface area (Å²) in [6.07, 6.45) is -5.07. The average Bonchev–Trinajstić information content (AvgIpc) is 2.15. The molecule has 3 nitrogen and oxygen atoms in total. The van der Waals surface area contributed by atoms with Crippen LogP contribution in [-0.2, 0) is 6.42 Å². The van der Waals surface area contributed by atoms with Gasteiger partial charge in [-0.2, -0.15) is 0 Å². The largest absolute Gasteiger partial charge is 0.573 e. The van der Waals surface area contributed by atoms with Crippen LogP contribution in [0.1, 0.15) is 22.8 Å². The lowest BCUT2D eigenvalue weighted by Gasteiger charge is -2.15. The maximum atomic E-state index is 13.3. The summed E-state index contributed by atoms with van der Waals surface area (Å²) in [6, 6.07) is 1.74. The maximum Gasteiger partial charge on any atom is 0.573 e. The number of amides is 1. The van der Waals surface area contributed by atoms with E-state index < -0.39 is 29.4 Å². The van der Waals surface area contributed by atoms with Crippen molar-refractivity contribution < 1.29 is 27.1 Å². The summed E-state index contributed by atoms with van der Waals surface area (Å²) in [5.41, 5.74) is 4.06. The number of halogens is 4. The van der Waals surface area contributed by atoms with Gasteiger partial charge in [0.25, 0.3) is 5.91 Å². The molecule has 1 rings (SSSR count). The molecule has 0 fully saturated rings. The van der Waals surface area contributed by atoms with E-state index in [0.29, 0.717) is 0 Å². The molecule has 0 atom stereocenters. The molecule has 2 N–H and O–H groups in total. The lowest BCUT2D eigenvalue weighted by molar-refractivity contribution is -0.275. The lowest BCUT2D eigenvalue weighted by Crippen LogP contribution is -2.22. The van der Waals surface area contributed by atoms with Gasteiger partial charge in [-0.1, -0.05) is 6.92 Å². The van der Waals surface area contributed by atoms with Gasteiger partial charge < -0.3 is 10.5 Å². The van der Waals surface area contributed by atoms with Gasteiger partial charge in [0.05, 0.1) is 5.56 Å². The summed E-state index contributed by atoms with van der Waals surface area (Å²) in [7, 11) is 0. The van der Waals surface area contributed by atoms with Crippen LogP contribution in [0.3, 0.4) is 0 Å². The standard InChI is InChI=1S/C10H9F4NO2/c1-2-5-7(11)4-3-6(9(15)16)8(5)17-10(12,13)14/h3-4H,2H2,1H3,(H2,15,16). The SMILES string of the molecule is CCc1c(F)ccc(C(N)=O)c1OC(F)(F)F. The van der Waals surface area contributed by atoms with E-state index in [9.17, 15) is 22.4 Å². The molecular weight excluding hydrogens is 242 g/mol. The molecule has 17 heavy (non-hydrogen) atoms. The molecule has 0 saturated heterocycles. The Hall–Kier alpha value is -1.79. The van der Waals surface area contributed by atoms with E-state index in [1.165, 1.54) is 6.92 Å². The quantitative estimate of drug-likeness (QED) is 0.838. The van der Waals surface area contributed by atoms with Crippen LogP contribution < -0.4 is 10.5 Å². The molecule has 1 amide bonds. The van der Waals surface area contributed by atoms with Crippen LogP contribution in [0.5, 0.6) is 5.75 Å². The maximum absolute atomic E-state index is 13.3. The Kier molecular flexibility index (Phi) is 3.59. The predicted molar refractivity (Wildman–Crippen MR) is 51.0 cm³/mol. The number of hydrogen-bond acceptors (Lipinski definition) is 2. The molecule has 0 aromatic heterocycles. The second kappa shape index (κ2) is 4.60. The van der Waals surface area contributed by atoms with E-state index in [0.717, 1.165) is 12.1 Å². The molecule has 0 bridgehead atoms. The lowest BCUT2D eigenvalue weighted by atomic mass is 10.1. The number of carbonyl (C=O) groups is 1. The summed E-state index contributed by atoms with van der Waals surface area (Å²) in [6.45, 7) is 1.44. The highest BCUT2D eigenvalue weighted by Gasteiger charge is 2.34. The van der Waals surface area contributed by atoms with E-state index in [2.05, 4.69) is 4.74 Å². The minimum absolute atomic E-state index is 0.0572. The molecule has 0 saturated carbocycles. The number of benzene rings is 1. The van der Waals surface area contributed by atoms with Gasteiger partial charge in [-0.05, 0) is 18.6 Å². The van der Waals surface area contributed by atoms with E-state index in [1.54, 1.807) is 0 Å². The topological polar surface area (TPSA) is 52.3 Å². The van der Waals surface area contributed by atoms with E-state index >= 15 is 0 Å². The van der Waals surface area contributed by atoms with E-state index in [-0.39, 0.29) is 12.0 Å². The predicted octanol–water partition coefficient (Wildman–Crippen LogP) is 2.39. The molecule has 0 radical (unpaired) electrons. The Morgan fingerprint density at radius 1 is 1.41 bits per heavy atom. The zero-order valence-corrected chi connectivity index (χ0v) is 8.77. The first kappa shape index (κ1) is 13.3. The second-order valence-electron chi connectivity index (χ2n) is 3.17. The Balaban J connectivity index is 3.39. The van der Waals surface area contributed by atoms with Crippen molar-refractivity contribution in [3.05, 3.63) is 29.1 Å². The molecule has 1 aromatic carbocycles. The van der Waals surface area contributed by atoms with Gasteiger partial charge in [0.15, 0.2) is 0 Å². The Bertz CT molecular complexity index is 443. The molecule has 0 aliphatic carbocycles. The van der Waals surface area contributed by atoms with Gasteiger partial charge >= 0.3 is 6.36 Å². The monoisotopic (exact) mass is 251 g/mol. The van der Waals surface area contributed by atoms with Gasteiger partial charge in [0.2, 0.25) is 0 Å². The average molecular weight is 251 g/mol. The van der Waals surface area contributed by atoms with Crippen LogP contribution >= 0.6 is 0 Å². The fourth-order valence-corrected chi connectivity index (χ4v) is 1.36. The van der Waals surface area contributed by atoms with Crippen molar-refractivity contribution in [1.82, 2.24) is 0 Å². The molecule has 0 unspecified atom stereocenters. The Labute approximate surface area is 94.2 Å². The third kappa shape index (κ3) is 3.08. The molecule has 0 aliphatic rings. The van der Waals surface area contributed by atoms with Crippen molar-refractivity contribution in [1.29, 1.82) is 0 Å². The van der Waals surface area contributed by atoms with Gasteiger partial charge in [0, 0.05) is 5.56 Å². The van der Waals surface area contributed by atoms with Gasteiger partial charge in [-0.3, -0.25) is 4.79 Å². The van der Waals surface area contributed by atoms with Crippen LogP contribution in [0.4, 0.5) is 17.6 Å². The zero-order chi connectivity index (χ0) is 13.2. The van der Waals surface area contributed by atoms with Crippen molar-refractivity contribution >= 4 is 5.91 Å². The summed E-state index contributed by atoms with van der Waals surface area (Å²) < 4.78 is 53.3. The first-order valence-corrected chi connectivity index (χ1v) is 4.63. The van der Waals surface area contributed by atoms with Crippen LogP contribution in [0, 0.1) is 5.82 Å². The van der Waals surface area contributed by atoms with Crippen LogP contribution in [-0.4, -0.2) is 12.3 Å². The second-order valence-corrected chi connectivity index (χ2v) is 3.17. The first-order valence-electron chi connectivity index (χ1n) is 4.63. The number of primary amides is 1. The highest BCUT2D eigenvalue weighted by molar-refractivity contribution is 5.96. The molecule has 0 spiro atoms. The van der Waals surface area contributed by atoms with Crippen LogP contribution in [0.2, 0.25) is 0 Å². The molecule has 1 aromatic rings. The number of ether oxygens (including phenoxy) is 1. The smallest absolute Gasteiger partial charge is 0.405 e. The van der Waals surface area contributed by atoms with Crippen molar-refractivity contribution in [3.8, 4) is 5.75 Å². The zero-order valence-electron chi connectivity index (χ0n) is 8.77. The minimum Gasteiger partial charge on any atom is -0.405 e. The Morgan fingerprint density at radius 3 is 2.41 bits per heavy atom. The van der Waals surface area contributed by atoms with Crippen molar-refractivity contribution in [2.24, 2.45) is 5.73 Å². The number of rotatable bonds is 3. The minimum atomic E-state index is -5.01. The molecule has 7 heteroatoms. The number of carbonyl (C=O) groups excluding carboxylic acids is 1. The Morgan fingerprint density at radius 2 is 2.00 bits per heavy atom.